The fourth-order valence-corrected chi connectivity index (χ4v) is 3.70. The van der Waals surface area contributed by atoms with Gasteiger partial charge in [-0.05, 0) is 56.5 Å². The van der Waals surface area contributed by atoms with Crippen molar-refractivity contribution in [2.75, 3.05) is 0 Å². The molecule has 1 N–H and O–H groups in total. The van der Waals surface area contributed by atoms with Gasteiger partial charge in [0.15, 0.2) is 0 Å². The Kier molecular flexibility index (Phi) is 5.90. The zero-order chi connectivity index (χ0) is 18.7. The number of fused-ring (bicyclic) bond motifs is 1. The highest BCUT2D eigenvalue weighted by Gasteiger charge is 2.14. The van der Waals surface area contributed by atoms with E-state index in [1.807, 2.05) is 6.92 Å². The molecule has 0 saturated carbocycles. The topological polar surface area (TPSA) is 34.0 Å². The maximum absolute atomic E-state index is 12.4. The van der Waals surface area contributed by atoms with Crippen LogP contribution in [0.15, 0.2) is 48.7 Å². The number of nitrogens with one attached hydrogen (secondary N) is 1. The molecule has 0 unspecified atom stereocenters. The van der Waals surface area contributed by atoms with Crippen molar-refractivity contribution in [3.05, 3.63) is 69.8 Å². The molecule has 0 aliphatic rings. The van der Waals surface area contributed by atoms with Crippen molar-refractivity contribution in [2.45, 2.75) is 39.3 Å². The van der Waals surface area contributed by atoms with Crippen LogP contribution in [0.5, 0.6) is 0 Å². The van der Waals surface area contributed by atoms with E-state index in [1.165, 1.54) is 16.5 Å². The molecule has 3 aromatic rings. The largest absolute Gasteiger partial charge is 0.350 e. The summed E-state index contributed by atoms with van der Waals surface area (Å²) in [6.07, 6.45) is 3.98. The smallest absolute Gasteiger partial charge is 0.253 e. The Morgan fingerprint density at radius 2 is 1.96 bits per heavy atom. The van der Waals surface area contributed by atoms with Crippen molar-refractivity contribution in [1.29, 1.82) is 0 Å². The average molecular weight is 389 g/mol. The third kappa shape index (κ3) is 4.05. The molecule has 0 fully saturated rings. The molecule has 0 aliphatic heterocycles. The summed E-state index contributed by atoms with van der Waals surface area (Å²) in [5, 5.41) is 5.20. The summed E-state index contributed by atoms with van der Waals surface area (Å²) in [7, 11) is 0. The third-order valence-electron chi connectivity index (χ3n) is 4.61. The maximum atomic E-state index is 12.4. The summed E-state index contributed by atoms with van der Waals surface area (Å²) >= 11 is 12.0. The highest BCUT2D eigenvalue weighted by Crippen LogP contribution is 2.23. The predicted molar refractivity (Wildman–Crippen MR) is 109 cm³/mol. The Bertz CT molecular complexity index is 933. The molecule has 1 atom stereocenters. The number of aromatic nitrogens is 1. The molecule has 1 aromatic heterocycles. The predicted octanol–water partition coefficient (Wildman–Crippen LogP) is 5.72. The number of hydrogen-bond acceptors (Lipinski definition) is 1. The number of rotatable bonds is 6. The molecule has 26 heavy (non-hydrogen) atoms. The van der Waals surface area contributed by atoms with E-state index in [0.717, 1.165) is 19.4 Å². The fourth-order valence-electron chi connectivity index (χ4n) is 3.20. The molecule has 1 heterocycles. The summed E-state index contributed by atoms with van der Waals surface area (Å²) in [4.78, 5) is 12.4. The molecule has 5 heteroatoms. The van der Waals surface area contributed by atoms with E-state index in [9.17, 15) is 4.79 Å². The van der Waals surface area contributed by atoms with Gasteiger partial charge in [-0.15, -0.1) is 0 Å². The first-order valence-electron chi connectivity index (χ1n) is 8.82. The first kappa shape index (κ1) is 18.8. The van der Waals surface area contributed by atoms with Crippen LogP contribution in [0.2, 0.25) is 10.0 Å². The van der Waals surface area contributed by atoms with Crippen LogP contribution in [-0.4, -0.2) is 16.5 Å². The molecule has 0 spiro atoms. The number of benzene rings is 2. The van der Waals surface area contributed by atoms with E-state index in [1.54, 1.807) is 18.2 Å². The Balaban J connectivity index is 1.66. The van der Waals surface area contributed by atoms with Gasteiger partial charge in [0.2, 0.25) is 0 Å². The van der Waals surface area contributed by atoms with Crippen LogP contribution in [0.3, 0.4) is 0 Å². The van der Waals surface area contributed by atoms with Gasteiger partial charge in [0, 0.05) is 34.7 Å². The van der Waals surface area contributed by atoms with Crippen LogP contribution >= 0.6 is 23.2 Å². The lowest BCUT2D eigenvalue weighted by molar-refractivity contribution is 0.0938. The molecular weight excluding hydrogens is 367 g/mol. The molecular formula is C21H22Cl2N2O. The van der Waals surface area contributed by atoms with Gasteiger partial charge < -0.3 is 9.88 Å². The summed E-state index contributed by atoms with van der Waals surface area (Å²) in [5.41, 5.74) is 3.02. The second-order valence-electron chi connectivity index (χ2n) is 6.49. The number of halogens is 2. The average Bonchev–Trinajstić information content (AvgIpc) is 2.98. The SMILES string of the molecule is CCn1cc(CC[C@H](C)NC(=O)c2ccc(Cl)cc2Cl)c2ccccc21. The Morgan fingerprint density at radius 3 is 2.69 bits per heavy atom. The zero-order valence-electron chi connectivity index (χ0n) is 14.9. The van der Waals surface area contributed by atoms with Crippen molar-refractivity contribution in [1.82, 2.24) is 9.88 Å². The van der Waals surface area contributed by atoms with Gasteiger partial charge in [-0.25, -0.2) is 0 Å². The number of carbonyl (C=O) groups excluding carboxylic acids is 1. The number of amides is 1. The van der Waals surface area contributed by atoms with E-state index in [4.69, 9.17) is 23.2 Å². The van der Waals surface area contributed by atoms with Gasteiger partial charge in [-0.1, -0.05) is 41.4 Å². The van der Waals surface area contributed by atoms with Crippen LogP contribution < -0.4 is 5.32 Å². The van der Waals surface area contributed by atoms with E-state index >= 15 is 0 Å². The molecule has 0 aliphatic carbocycles. The van der Waals surface area contributed by atoms with Gasteiger partial charge in [0.1, 0.15) is 0 Å². The normalized spacial score (nSPS) is 12.3. The number of hydrogen-bond donors (Lipinski definition) is 1. The van der Waals surface area contributed by atoms with Crippen LogP contribution in [0.4, 0.5) is 0 Å². The van der Waals surface area contributed by atoms with Crippen LogP contribution in [0.25, 0.3) is 10.9 Å². The van der Waals surface area contributed by atoms with Gasteiger partial charge in [-0.2, -0.15) is 0 Å². The minimum Gasteiger partial charge on any atom is -0.350 e. The number of para-hydroxylation sites is 1. The van der Waals surface area contributed by atoms with Crippen molar-refractivity contribution < 1.29 is 4.79 Å². The number of carbonyl (C=O) groups is 1. The standard InChI is InChI=1S/C21H22Cl2N2O/c1-3-25-13-15(17-6-4-5-7-20(17)25)9-8-14(2)24-21(26)18-11-10-16(22)12-19(18)23/h4-7,10-14H,3,8-9H2,1-2H3,(H,24,26)/t14-/m0/s1. The van der Waals surface area contributed by atoms with Crippen molar-refractivity contribution in [3.63, 3.8) is 0 Å². The lowest BCUT2D eigenvalue weighted by atomic mass is 10.0. The minimum atomic E-state index is -0.171. The number of aryl methyl sites for hydroxylation is 2. The van der Waals surface area contributed by atoms with Crippen molar-refractivity contribution in [2.24, 2.45) is 0 Å². The summed E-state index contributed by atoms with van der Waals surface area (Å²) < 4.78 is 2.27. The Morgan fingerprint density at radius 1 is 1.19 bits per heavy atom. The number of nitrogens with zero attached hydrogens (tertiary/aromatic N) is 1. The highest BCUT2D eigenvalue weighted by molar-refractivity contribution is 6.36. The lowest BCUT2D eigenvalue weighted by Gasteiger charge is -2.14. The third-order valence-corrected chi connectivity index (χ3v) is 5.16. The Hall–Kier alpha value is -1.97. The fraction of sp³-hybridized carbons (Fsp3) is 0.286. The molecule has 3 nitrogen and oxygen atoms in total. The van der Waals surface area contributed by atoms with Gasteiger partial charge in [0.25, 0.3) is 5.91 Å². The second kappa shape index (κ2) is 8.15. The monoisotopic (exact) mass is 388 g/mol. The van der Waals surface area contributed by atoms with Crippen LogP contribution in [0.1, 0.15) is 36.2 Å². The molecule has 0 bridgehead atoms. The Labute approximate surface area is 163 Å². The van der Waals surface area contributed by atoms with Gasteiger partial charge in [0.05, 0.1) is 10.6 Å². The molecule has 0 radical (unpaired) electrons. The summed E-state index contributed by atoms with van der Waals surface area (Å²) in [5.74, 6) is -0.171. The van der Waals surface area contributed by atoms with Crippen LogP contribution in [0, 0.1) is 0 Å². The minimum absolute atomic E-state index is 0.0398. The first-order chi connectivity index (χ1) is 12.5. The summed E-state index contributed by atoms with van der Waals surface area (Å²) in [6, 6.07) is 13.4. The van der Waals surface area contributed by atoms with E-state index in [2.05, 4.69) is 47.3 Å². The highest BCUT2D eigenvalue weighted by atomic mass is 35.5. The van der Waals surface area contributed by atoms with E-state index in [-0.39, 0.29) is 11.9 Å². The van der Waals surface area contributed by atoms with E-state index < -0.39 is 0 Å². The lowest BCUT2D eigenvalue weighted by Crippen LogP contribution is -2.33. The van der Waals surface area contributed by atoms with Crippen molar-refractivity contribution >= 4 is 40.0 Å². The quantitative estimate of drug-likeness (QED) is 0.575. The molecule has 0 saturated heterocycles. The second-order valence-corrected chi connectivity index (χ2v) is 7.34. The first-order valence-corrected chi connectivity index (χ1v) is 9.58. The summed E-state index contributed by atoms with van der Waals surface area (Å²) in [6.45, 7) is 5.11. The molecule has 136 valence electrons. The van der Waals surface area contributed by atoms with Crippen molar-refractivity contribution in [3.8, 4) is 0 Å². The van der Waals surface area contributed by atoms with Crippen LogP contribution in [-0.2, 0) is 13.0 Å². The molecule has 1 amide bonds. The zero-order valence-corrected chi connectivity index (χ0v) is 16.4. The maximum Gasteiger partial charge on any atom is 0.253 e. The molecule has 2 aromatic carbocycles. The van der Waals surface area contributed by atoms with Gasteiger partial charge >= 0.3 is 0 Å². The molecule has 3 rings (SSSR count). The van der Waals surface area contributed by atoms with Gasteiger partial charge in [-0.3, -0.25) is 4.79 Å². The van der Waals surface area contributed by atoms with E-state index in [0.29, 0.717) is 15.6 Å².